The summed E-state index contributed by atoms with van der Waals surface area (Å²) in [6, 6.07) is 8.67. The van der Waals surface area contributed by atoms with Crippen LogP contribution in [0.1, 0.15) is 21.7 Å². The summed E-state index contributed by atoms with van der Waals surface area (Å²) in [7, 11) is 0. The first kappa shape index (κ1) is 11.3. The zero-order valence-corrected chi connectivity index (χ0v) is 9.09. The standard InChI is InChI=1S/C12H12N2O3/c15-12(16)11-4-2-1-3-9(11)7-13-8-10-5-6-14-17-10/h1-6,13H,7-8H2,(H,15,16). The fourth-order valence-corrected chi connectivity index (χ4v) is 1.54. The maximum atomic E-state index is 11.0. The molecule has 1 heterocycles. The van der Waals surface area contributed by atoms with Gasteiger partial charge in [0.05, 0.1) is 18.3 Å². The van der Waals surface area contributed by atoms with E-state index in [0.29, 0.717) is 18.7 Å². The molecule has 17 heavy (non-hydrogen) atoms. The van der Waals surface area contributed by atoms with Crippen molar-refractivity contribution in [1.29, 1.82) is 0 Å². The molecule has 0 saturated carbocycles. The highest BCUT2D eigenvalue weighted by Gasteiger charge is 2.08. The Labute approximate surface area is 98.1 Å². The minimum atomic E-state index is -0.915. The Morgan fingerprint density at radius 1 is 1.29 bits per heavy atom. The van der Waals surface area contributed by atoms with Gasteiger partial charge in [0, 0.05) is 12.6 Å². The van der Waals surface area contributed by atoms with E-state index in [1.54, 1.807) is 30.5 Å². The van der Waals surface area contributed by atoms with E-state index < -0.39 is 5.97 Å². The second-order valence-corrected chi connectivity index (χ2v) is 3.54. The first-order chi connectivity index (χ1) is 8.27. The molecule has 1 aromatic heterocycles. The summed E-state index contributed by atoms with van der Waals surface area (Å²) in [6.45, 7) is 0.997. The maximum Gasteiger partial charge on any atom is 0.336 e. The molecule has 0 radical (unpaired) electrons. The number of rotatable bonds is 5. The van der Waals surface area contributed by atoms with Gasteiger partial charge in [0.2, 0.25) is 0 Å². The lowest BCUT2D eigenvalue weighted by atomic mass is 10.1. The van der Waals surface area contributed by atoms with Crippen molar-refractivity contribution in [1.82, 2.24) is 10.5 Å². The second kappa shape index (κ2) is 5.27. The summed E-state index contributed by atoms with van der Waals surface area (Å²) in [5.41, 5.74) is 1.07. The van der Waals surface area contributed by atoms with Crippen LogP contribution < -0.4 is 5.32 Å². The van der Waals surface area contributed by atoms with Crippen LogP contribution >= 0.6 is 0 Å². The summed E-state index contributed by atoms with van der Waals surface area (Å²) in [5, 5.41) is 15.7. The van der Waals surface area contributed by atoms with Gasteiger partial charge in [-0.1, -0.05) is 23.4 Å². The number of hydrogen-bond donors (Lipinski definition) is 2. The van der Waals surface area contributed by atoms with Crippen molar-refractivity contribution in [2.24, 2.45) is 0 Å². The summed E-state index contributed by atoms with van der Waals surface area (Å²) in [5.74, 6) is -0.195. The Morgan fingerprint density at radius 3 is 2.82 bits per heavy atom. The lowest BCUT2D eigenvalue weighted by molar-refractivity contribution is 0.0695. The fraction of sp³-hybridized carbons (Fsp3) is 0.167. The van der Waals surface area contributed by atoms with Crippen molar-refractivity contribution in [2.75, 3.05) is 0 Å². The second-order valence-electron chi connectivity index (χ2n) is 3.54. The molecule has 2 N–H and O–H groups in total. The predicted octanol–water partition coefficient (Wildman–Crippen LogP) is 1.66. The smallest absolute Gasteiger partial charge is 0.336 e. The van der Waals surface area contributed by atoms with E-state index in [-0.39, 0.29) is 0 Å². The molecule has 0 saturated heterocycles. The van der Waals surface area contributed by atoms with Gasteiger partial charge in [0.25, 0.3) is 0 Å². The number of carboxylic acid groups (broad SMARTS) is 1. The summed E-state index contributed by atoms with van der Waals surface area (Å²) >= 11 is 0. The SMILES string of the molecule is O=C(O)c1ccccc1CNCc1ccno1. The number of aromatic nitrogens is 1. The number of benzene rings is 1. The lowest BCUT2D eigenvalue weighted by Crippen LogP contribution is -2.15. The zero-order valence-electron chi connectivity index (χ0n) is 9.09. The molecule has 5 nitrogen and oxygen atoms in total. The van der Waals surface area contributed by atoms with Gasteiger partial charge in [-0.25, -0.2) is 4.79 Å². The fourth-order valence-electron chi connectivity index (χ4n) is 1.54. The Bertz CT molecular complexity index is 494. The van der Waals surface area contributed by atoms with Gasteiger partial charge in [-0.05, 0) is 11.6 Å². The number of aromatic carboxylic acids is 1. The monoisotopic (exact) mass is 232 g/mol. The molecule has 0 bridgehead atoms. The van der Waals surface area contributed by atoms with Gasteiger partial charge in [0.1, 0.15) is 5.76 Å². The molecule has 2 aromatic rings. The molecule has 5 heteroatoms. The third kappa shape index (κ3) is 2.92. The molecular formula is C12H12N2O3. The summed E-state index contributed by atoms with van der Waals surface area (Å²) in [6.07, 6.45) is 1.57. The van der Waals surface area contributed by atoms with E-state index in [2.05, 4.69) is 10.5 Å². The number of carboxylic acids is 1. The number of nitrogens with one attached hydrogen (secondary N) is 1. The topological polar surface area (TPSA) is 75.4 Å². The van der Waals surface area contributed by atoms with Gasteiger partial charge in [-0.3, -0.25) is 0 Å². The number of carbonyl (C=O) groups is 1. The molecule has 0 unspecified atom stereocenters. The van der Waals surface area contributed by atoms with E-state index >= 15 is 0 Å². The summed E-state index contributed by atoms with van der Waals surface area (Å²) in [4.78, 5) is 11.0. The highest BCUT2D eigenvalue weighted by atomic mass is 16.5. The highest BCUT2D eigenvalue weighted by Crippen LogP contribution is 2.08. The average molecular weight is 232 g/mol. The van der Waals surface area contributed by atoms with E-state index in [0.717, 1.165) is 11.3 Å². The Morgan fingerprint density at radius 2 is 2.12 bits per heavy atom. The molecule has 0 atom stereocenters. The largest absolute Gasteiger partial charge is 0.478 e. The van der Waals surface area contributed by atoms with Gasteiger partial charge < -0.3 is 14.9 Å². The normalized spacial score (nSPS) is 10.4. The average Bonchev–Trinajstić information content (AvgIpc) is 2.82. The van der Waals surface area contributed by atoms with Gasteiger partial charge in [-0.15, -0.1) is 0 Å². The van der Waals surface area contributed by atoms with Crippen LogP contribution in [0.4, 0.5) is 0 Å². The summed E-state index contributed by atoms with van der Waals surface area (Å²) < 4.78 is 4.92. The Hall–Kier alpha value is -2.14. The van der Waals surface area contributed by atoms with Gasteiger partial charge >= 0.3 is 5.97 Å². The minimum Gasteiger partial charge on any atom is -0.478 e. The maximum absolute atomic E-state index is 11.0. The van der Waals surface area contributed by atoms with Crippen LogP contribution in [0.5, 0.6) is 0 Å². The van der Waals surface area contributed by atoms with Crippen molar-refractivity contribution < 1.29 is 14.4 Å². The van der Waals surface area contributed by atoms with Gasteiger partial charge in [0.15, 0.2) is 0 Å². The van der Waals surface area contributed by atoms with Crippen molar-refractivity contribution in [3.63, 3.8) is 0 Å². The molecule has 0 aliphatic heterocycles. The van der Waals surface area contributed by atoms with Crippen molar-refractivity contribution in [2.45, 2.75) is 13.1 Å². The molecule has 0 fully saturated rings. The third-order valence-electron chi connectivity index (χ3n) is 2.35. The quantitative estimate of drug-likeness (QED) is 0.820. The van der Waals surface area contributed by atoms with Crippen LogP contribution in [0.3, 0.4) is 0 Å². The minimum absolute atomic E-state index is 0.317. The molecule has 88 valence electrons. The van der Waals surface area contributed by atoms with E-state index in [1.165, 1.54) is 0 Å². The Kier molecular flexibility index (Phi) is 3.52. The third-order valence-corrected chi connectivity index (χ3v) is 2.35. The van der Waals surface area contributed by atoms with Crippen molar-refractivity contribution in [3.05, 3.63) is 53.4 Å². The molecule has 0 aliphatic carbocycles. The van der Waals surface area contributed by atoms with Crippen LogP contribution in [0.2, 0.25) is 0 Å². The first-order valence-corrected chi connectivity index (χ1v) is 5.19. The number of hydrogen-bond acceptors (Lipinski definition) is 4. The first-order valence-electron chi connectivity index (χ1n) is 5.19. The number of nitrogens with zero attached hydrogens (tertiary/aromatic N) is 1. The highest BCUT2D eigenvalue weighted by molar-refractivity contribution is 5.89. The Balaban J connectivity index is 1.97. The van der Waals surface area contributed by atoms with Crippen LogP contribution in [-0.2, 0) is 13.1 Å². The van der Waals surface area contributed by atoms with Crippen molar-refractivity contribution >= 4 is 5.97 Å². The molecule has 0 amide bonds. The van der Waals surface area contributed by atoms with E-state index in [9.17, 15) is 4.79 Å². The predicted molar refractivity (Wildman–Crippen MR) is 60.4 cm³/mol. The molecule has 1 aromatic carbocycles. The molecule has 0 spiro atoms. The van der Waals surface area contributed by atoms with Crippen LogP contribution in [0, 0.1) is 0 Å². The van der Waals surface area contributed by atoms with E-state index in [1.807, 2.05) is 6.07 Å². The van der Waals surface area contributed by atoms with Crippen LogP contribution in [-0.4, -0.2) is 16.2 Å². The molecule has 0 aliphatic rings. The molecular weight excluding hydrogens is 220 g/mol. The van der Waals surface area contributed by atoms with E-state index in [4.69, 9.17) is 9.63 Å². The molecule has 2 rings (SSSR count). The van der Waals surface area contributed by atoms with Crippen LogP contribution in [0.25, 0.3) is 0 Å². The van der Waals surface area contributed by atoms with Crippen LogP contribution in [0.15, 0.2) is 41.1 Å². The zero-order chi connectivity index (χ0) is 12.1. The van der Waals surface area contributed by atoms with Gasteiger partial charge in [-0.2, -0.15) is 0 Å². The van der Waals surface area contributed by atoms with Crippen molar-refractivity contribution in [3.8, 4) is 0 Å². The lowest BCUT2D eigenvalue weighted by Gasteiger charge is -2.06.